The van der Waals surface area contributed by atoms with Gasteiger partial charge in [-0.05, 0) is 0 Å². The number of amides is 1. The van der Waals surface area contributed by atoms with Crippen LogP contribution in [-0.4, -0.2) is 37.9 Å². The van der Waals surface area contributed by atoms with Crippen LogP contribution in [0, 0.1) is 0 Å². The van der Waals surface area contributed by atoms with Crippen LogP contribution in [0.15, 0.2) is 0 Å². The molecule has 6 nitrogen and oxygen atoms in total. The van der Waals surface area contributed by atoms with E-state index in [0.717, 1.165) is 0 Å². The fourth-order valence-electron chi connectivity index (χ4n) is 0. The first-order valence-electron chi connectivity index (χ1n) is 1.72. The zero-order valence-electron chi connectivity index (χ0n) is 5.12. The van der Waals surface area contributed by atoms with E-state index in [1.54, 1.807) is 0 Å². The first-order chi connectivity index (χ1) is 4.68. The second-order valence-corrected chi connectivity index (χ2v) is 0.867. The summed E-state index contributed by atoms with van der Waals surface area (Å²) in [6.45, 7) is 0. The van der Waals surface area contributed by atoms with Crippen molar-refractivity contribution in [2.75, 3.05) is 7.11 Å². The molecular weight excluding hydrogens is 375 g/mol. The van der Waals surface area contributed by atoms with Gasteiger partial charge in [0, 0.05) is 0 Å². The number of methoxy groups -OCH3 is 1. The summed E-state index contributed by atoms with van der Waals surface area (Å²) in [4.78, 5) is 9.37. The van der Waals surface area contributed by atoms with Crippen molar-refractivity contribution in [2.45, 2.75) is 0 Å². The summed E-state index contributed by atoms with van der Waals surface area (Å²) in [5.74, 6) is 0. The first-order valence-corrected chi connectivity index (χ1v) is 4.58. The number of hydrogen-bond donors (Lipinski definition) is 1. The topological polar surface area (TPSA) is 104 Å². The predicted molar refractivity (Wildman–Crippen MR) is 25.8 cm³/mol. The molecule has 0 saturated heterocycles. The summed E-state index contributed by atoms with van der Waals surface area (Å²) in [6, 6.07) is 0. The van der Waals surface area contributed by atoms with Crippen molar-refractivity contribution < 1.29 is 38.1 Å². The monoisotopic (exact) mass is 381 g/mol. The summed E-state index contributed by atoms with van der Waals surface area (Å²) in [7, 11) is 1.22. The van der Waals surface area contributed by atoms with Gasteiger partial charge >= 0.3 is 59.4 Å². The summed E-state index contributed by atoms with van der Waals surface area (Å²) < 4.78 is 29.3. The van der Waals surface area contributed by atoms with Gasteiger partial charge in [0.2, 0.25) is 0 Å². The number of rotatable bonds is 0. The summed E-state index contributed by atoms with van der Waals surface area (Å²) in [6.07, 6.45) is -0.745. The molecule has 0 aromatic rings. The van der Waals surface area contributed by atoms with Crippen LogP contribution in [-0.2, 0) is 33.3 Å². The molecule has 8 heteroatoms. The van der Waals surface area contributed by atoms with Crippen molar-refractivity contribution >= 4 is 30.8 Å². The number of carbonyl (C=O) groups excluding carboxylic acids is 1. The van der Waals surface area contributed by atoms with Crippen molar-refractivity contribution in [3.63, 3.8) is 0 Å². The molecule has 0 fully saturated rings. The van der Waals surface area contributed by atoms with Crippen molar-refractivity contribution in [1.82, 2.24) is 0 Å². The zero-order valence-corrected chi connectivity index (χ0v) is 10.6. The van der Waals surface area contributed by atoms with Gasteiger partial charge in [0.25, 0.3) is 0 Å². The van der Waals surface area contributed by atoms with Gasteiger partial charge in [-0.2, -0.15) is 0 Å². The molecule has 0 heterocycles. The van der Waals surface area contributed by atoms with Crippen LogP contribution in [0.25, 0.3) is 0 Å². The average molecular weight is 381 g/mol. The fraction of sp³-hybridized carbons (Fsp3) is 0.500. The van der Waals surface area contributed by atoms with Crippen LogP contribution < -0.4 is 5.73 Å². The standard InChI is InChI=1S/C2H5NO2.Bi.3O.Ti.H/c1-5-2(3)4;;;;;;/h1H3,(H2,3,4);;;;;;. The fourth-order valence-corrected chi connectivity index (χ4v) is 0. The third-order valence-corrected chi connectivity index (χ3v) is 0.201. The normalized spacial score (nSPS) is 4.50. The van der Waals surface area contributed by atoms with Gasteiger partial charge in [0.1, 0.15) is 0 Å². The number of nitrogens with two attached hydrogens (primary N) is 1. The molecule has 0 unspecified atom stereocenters. The Balaban J connectivity index is -0.0000000847. The van der Waals surface area contributed by atoms with Gasteiger partial charge in [-0.25, -0.2) is 4.79 Å². The van der Waals surface area contributed by atoms with E-state index in [1.165, 1.54) is 7.11 Å². The van der Waals surface area contributed by atoms with Gasteiger partial charge in [0.15, 0.2) is 0 Å². The van der Waals surface area contributed by atoms with Crippen LogP contribution in [0.3, 0.4) is 0 Å². The molecule has 0 aromatic heterocycles. The van der Waals surface area contributed by atoms with E-state index in [9.17, 15) is 4.79 Å². The van der Waals surface area contributed by atoms with Crippen LogP contribution in [0.2, 0.25) is 0 Å². The minimum absolute atomic E-state index is 0.0556. The molecule has 0 aromatic carbocycles. The molecule has 0 saturated carbocycles. The first kappa shape index (κ1) is 16.7. The van der Waals surface area contributed by atoms with E-state index in [0.29, 0.717) is 0 Å². The van der Waals surface area contributed by atoms with E-state index in [-0.39, 0.29) is 24.7 Å². The molecule has 0 atom stereocenters. The van der Waals surface area contributed by atoms with Gasteiger partial charge in [-0.3, -0.25) is 0 Å². The Morgan fingerprint density at radius 3 is 1.60 bits per heavy atom. The molecule has 0 aliphatic carbocycles. The maximum absolute atomic E-state index is 9.37. The Morgan fingerprint density at radius 2 is 1.60 bits per heavy atom. The molecule has 0 radical (unpaired) electrons. The van der Waals surface area contributed by atoms with Gasteiger partial charge in [-0.1, -0.05) is 0 Å². The second-order valence-electron chi connectivity index (χ2n) is 0.606. The molecule has 1 amide bonds. The molecule has 10 heavy (non-hydrogen) atoms. The minimum atomic E-state index is -2.00. The Labute approximate surface area is 81.3 Å². The molecular formula is C2H6BiNO5Ti. The Bertz CT molecular complexity index is 112. The number of carbonyl (C=O) groups is 1. The maximum atomic E-state index is 9.37. The van der Waals surface area contributed by atoms with E-state index in [1.807, 2.05) is 0 Å². The van der Waals surface area contributed by atoms with E-state index in [2.05, 4.69) is 10.5 Å². The van der Waals surface area contributed by atoms with Crippen LogP contribution in [0.4, 0.5) is 4.79 Å². The number of hydrogen-bond acceptors (Lipinski definition) is 5. The van der Waals surface area contributed by atoms with Crippen molar-refractivity contribution in [1.29, 1.82) is 0 Å². The van der Waals surface area contributed by atoms with Crippen molar-refractivity contribution in [2.24, 2.45) is 5.73 Å². The molecule has 0 aliphatic heterocycles. The third-order valence-electron chi connectivity index (χ3n) is 0.201. The number of ether oxygens (including phenoxy) is 1. The molecule has 2 N–H and O–H groups in total. The van der Waals surface area contributed by atoms with E-state index in [4.69, 9.17) is 9.46 Å². The SMILES string of the molecule is COC(N)=O.[O]=[BiH].[O]=[Ti]=[O]. The number of primary amides is 1. The summed E-state index contributed by atoms with van der Waals surface area (Å²) in [5, 5.41) is 0. The molecule has 0 aliphatic rings. The Morgan fingerprint density at radius 1 is 1.50 bits per heavy atom. The van der Waals surface area contributed by atoms with Crippen molar-refractivity contribution in [3.8, 4) is 0 Å². The zero-order chi connectivity index (χ0) is 8.99. The van der Waals surface area contributed by atoms with Crippen LogP contribution in [0.1, 0.15) is 0 Å². The van der Waals surface area contributed by atoms with Crippen molar-refractivity contribution in [3.05, 3.63) is 0 Å². The van der Waals surface area contributed by atoms with Crippen LogP contribution >= 0.6 is 0 Å². The molecule has 0 bridgehead atoms. The van der Waals surface area contributed by atoms with E-state index < -0.39 is 25.2 Å². The summed E-state index contributed by atoms with van der Waals surface area (Å²) in [5.41, 5.74) is 4.43. The Hall–Kier alpha value is 0.267. The predicted octanol–water partition coefficient (Wildman–Crippen LogP) is -1.30. The van der Waals surface area contributed by atoms with E-state index >= 15 is 0 Å². The average Bonchev–Trinajstić information content (AvgIpc) is 1.94. The van der Waals surface area contributed by atoms with Gasteiger partial charge in [-0.15, -0.1) is 0 Å². The van der Waals surface area contributed by atoms with Gasteiger partial charge < -0.3 is 10.5 Å². The second kappa shape index (κ2) is 22.8. The summed E-state index contributed by atoms with van der Waals surface area (Å²) >= 11 is -1.94. The molecule has 0 spiro atoms. The van der Waals surface area contributed by atoms with Gasteiger partial charge in [0.05, 0.1) is 7.11 Å². The molecule has 0 rings (SSSR count). The molecule has 58 valence electrons. The van der Waals surface area contributed by atoms with Crippen LogP contribution in [0.5, 0.6) is 0 Å². The quantitative estimate of drug-likeness (QED) is 0.526. The third kappa shape index (κ3) is 84.9. The Kier molecular flexibility index (Phi) is 38.1.